The Bertz CT molecular complexity index is 830. The van der Waals surface area contributed by atoms with E-state index in [1.807, 2.05) is 23.1 Å². The maximum Gasteiger partial charge on any atom is 0.322 e. The van der Waals surface area contributed by atoms with Crippen molar-refractivity contribution in [3.8, 4) is 0 Å². The second-order valence-electron chi connectivity index (χ2n) is 7.38. The highest BCUT2D eigenvalue weighted by atomic mass is 35.5. The number of hydrogen-bond acceptors (Lipinski definition) is 1. The van der Waals surface area contributed by atoms with Crippen LogP contribution >= 0.6 is 23.2 Å². The molecule has 3 rings (SSSR count). The summed E-state index contributed by atoms with van der Waals surface area (Å²) in [5.41, 5.74) is 2.88. The number of halogens is 2. The van der Waals surface area contributed by atoms with E-state index >= 15 is 0 Å². The maximum absolute atomic E-state index is 13.1. The van der Waals surface area contributed by atoms with Gasteiger partial charge in [0, 0.05) is 17.6 Å². The fourth-order valence-electron chi connectivity index (χ4n) is 3.69. The topological polar surface area (TPSA) is 32.3 Å². The Morgan fingerprint density at radius 2 is 1.82 bits per heavy atom. The lowest BCUT2D eigenvalue weighted by Gasteiger charge is -2.34. The Hall–Kier alpha value is -1.97. The van der Waals surface area contributed by atoms with E-state index in [-0.39, 0.29) is 12.1 Å². The number of anilines is 1. The molecule has 1 aliphatic rings. The summed E-state index contributed by atoms with van der Waals surface area (Å²) in [6.07, 6.45) is 7.79. The van der Waals surface area contributed by atoms with Crippen molar-refractivity contribution < 1.29 is 4.79 Å². The molecule has 0 saturated heterocycles. The van der Waals surface area contributed by atoms with E-state index in [0.29, 0.717) is 22.3 Å². The van der Waals surface area contributed by atoms with Crippen LogP contribution < -0.4 is 5.32 Å². The van der Waals surface area contributed by atoms with E-state index in [1.165, 1.54) is 6.42 Å². The van der Waals surface area contributed by atoms with Gasteiger partial charge in [-0.1, -0.05) is 84.4 Å². The number of rotatable bonds is 5. The van der Waals surface area contributed by atoms with Gasteiger partial charge in [0.05, 0.1) is 10.7 Å². The third-order valence-electron chi connectivity index (χ3n) is 5.08. The molecule has 0 aromatic heterocycles. The van der Waals surface area contributed by atoms with Gasteiger partial charge in [-0.2, -0.15) is 0 Å². The van der Waals surface area contributed by atoms with Gasteiger partial charge in [0.15, 0.2) is 0 Å². The lowest BCUT2D eigenvalue weighted by molar-refractivity contribution is 0.174. The zero-order valence-electron chi connectivity index (χ0n) is 16.1. The number of hydrogen-bond donors (Lipinski definition) is 1. The number of benzene rings is 2. The third-order valence-corrected chi connectivity index (χ3v) is 5.63. The standard InChI is InChI=1S/C23H26Cl2N2O/c1-17(14-18-8-4-2-5-9-18)16-27(20-10-6-3-7-11-20)23(28)26-22-13-12-19(24)15-21(22)25/h2,4-5,8-9,12-15,20H,3,6-7,10-11,16H2,1H3,(H,26,28)/b17-14+. The maximum atomic E-state index is 13.1. The van der Waals surface area contributed by atoms with Crippen molar-refractivity contribution in [1.29, 1.82) is 0 Å². The smallest absolute Gasteiger partial charge is 0.318 e. The zero-order valence-corrected chi connectivity index (χ0v) is 17.6. The van der Waals surface area contributed by atoms with E-state index in [0.717, 1.165) is 36.8 Å². The summed E-state index contributed by atoms with van der Waals surface area (Å²) in [7, 11) is 0. The van der Waals surface area contributed by atoms with Crippen LogP contribution in [0.2, 0.25) is 10.0 Å². The van der Waals surface area contributed by atoms with Crippen LogP contribution in [0.3, 0.4) is 0 Å². The van der Waals surface area contributed by atoms with Crippen LogP contribution in [-0.4, -0.2) is 23.5 Å². The van der Waals surface area contributed by atoms with Crippen molar-refractivity contribution in [1.82, 2.24) is 4.90 Å². The Morgan fingerprint density at radius 1 is 1.11 bits per heavy atom. The molecule has 2 amide bonds. The minimum Gasteiger partial charge on any atom is -0.318 e. The van der Waals surface area contributed by atoms with Crippen LogP contribution in [0.1, 0.15) is 44.6 Å². The first-order valence-electron chi connectivity index (χ1n) is 9.78. The molecule has 1 aliphatic carbocycles. The van der Waals surface area contributed by atoms with Gasteiger partial charge in [-0.3, -0.25) is 0 Å². The number of carbonyl (C=O) groups excluding carboxylic acids is 1. The Kier molecular flexibility index (Phi) is 7.41. The molecule has 1 fully saturated rings. The predicted molar refractivity (Wildman–Crippen MR) is 119 cm³/mol. The highest BCUT2D eigenvalue weighted by molar-refractivity contribution is 6.36. The predicted octanol–water partition coefficient (Wildman–Crippen LogP) is 7.26. The third kappa shape index (κ3) is 5.76. The van der Waals surface area contributed by atoms with Gasteiger partial charge in [0.1, 0.15) is 0 Å². The van der Waals surface area contributed by atoms with E-state index in [2.05, 4.69) is 30.4 Å². The van der Waals surface area contributed by atoms with Gasteiger partial charge in [0.2, 0.25) is 0 Å². The van der Waals surface area contributed by atoms with E-state index < -0.39 is 0 Å². The average Bonchev–Trinajstić information content (AvgIpc) is 2.69. The molecule has 0 heterocycles. The second kappa shape index (κ2) is 9.99. The largest absolute Gasteiger partial charge is 0.322 e. The molecule has 2 aromatic rings. The minimum atomic E-state index is -0.114. The molecule has 148 valence electrons. The Labute approximate surface area is 177 Å². The van der Waals surface area contributed by atoms with Gasteiger partial charge >= 0.3 is 6.03 Å². The van der Waals surface area contributed by atoms with Crippen molar-refractivity contribution >= 4 is 41.0 Å². The molecule has 1 N–H and O–H groups in total. The molecule has 3 nitrogen and oxygen atoms in total. The molecule has 0 radical (unpaired) electrons. The minimum absolute atomic E-state index is 0.114. The molecule has 1 saturated carbocycles. The fraction of sp³-hybridized carbons (Fsp3) is 0.348. The molecular formula is C23H26Cl2N2O. The Balaban J connectivity index is 1.77. The summed E-state index contributed by atoms with van der Waals surface area (Å²) in [4.78, 5) is 15.1. The normalized spacial score (nSPS) is 15.3. The summed E-state index contributed by atoms with van der Waals surface area (Å²) >= 11 is 12.2. The lowest BCUT2D eigenvalue weighted by Crippen LogP contribution is -2.44. The van der Waals surface area contributed by atoms with Crippen molar-refractivity contribution in [2.45, 2.75) is 45.1 Å². The molecule has 0 spiro atoms. The SMILES string of the molecule is C/C(=C\c1ccccc1)CN(C(=O)Nc1ccc(Cl)cc1Cl)C1CCCCC1. The van der Waals surface area contributed by atoms with Gasteiger partial charge in [-0.25, -0.2) is 4.79 Å². The molecule has 0 unspecified atom stereocenters. The van der Waals surface area contributed by atoms with Crippen LogP contribution in [0.25, 0.3) is 6.08 Å². The number of urea groups is 1. The summed E-state index contributed by atoms with van der Waals surface area (Å²) < 4.78 is 0. The van der Waals surface area contributed by atoms with Gasteiger partial charge in [-0.05, 0) is 43.5 Å². The van der Waals surface area contributed by atoms with Gasteiger partial charge in [-0.15, -0.1) is 0 Å². The first-order chi connectivity index (χ1) is 13.5. The first kappa shape index (κ1) is 20.8. The van der Waals surface area contributed by atoms with Crippen LogP contribution in [-0.2, 0) is 0 Å². The molecule has 0 aliphatic heterocycles. The van der Waals surface area contributed by atoms with Crippen molar-refractivity contribution in [3.63, 3.8) is 0 Å². The first-order valence-corrected chi connectivity index (χ1v) is 10.5. The lowest BCUT2D eigenvalue weighted by atomic mass is 9.94. The Morgan fingerprint density at radius 3 is 2.50 bits per heavy atom. The second-order valence-corrected chi connectivity index (χ2v) is 8.22. The van der Waals surface area contributed by atoms with Crippen LogP contribution in [0, 0.1) is 0 Å². The van der Waals surface area contributed by atoms with E-state index in [4.69, 9.17) is 23.2 Å². The summed E-state index contributed by atoms with van der Waals surface area (Å²) in [6.45, 7) is 2.67. The monoisotopic (exact) mass is 416 g/mol. The summed E-state index contributed by atoms with van der Waals surface area (Å²) in [5.74, 6) is 0. The van der Waals surface area contributed by atoms with Gasteiger partial charge < -0.3 is 10.2 Å². The quantitative estimate of drug-likeness (QED) is 0.545. The van der Waals surface area contributed by atoms with Crippen molar-refractivity contribution in [2.75, 3.05) is 11.9 Å². The molecule has 2 aromatic carbocycles. The molecule has 0 bridgehead atoms. The van der Waals surface area contributed by atoms with Gasteiger partial charge in [0.25, 0.3) is 0 Å². The van der Waals surface area contributed by atoms with Crippen LogP contribution in [0.5, 0.6) is 0 Å². The van der Waals surface area contributed by atoms with Crippen LogP contribution in [0.4, 0.5) is 10.5 Å². The highest BCUT2D eigenvalue weighted by Gasteiger charge is 2.26. The number of nitrogens with one attached hydrogen (secondary N) is 1. The van der Waals surface area contributed by atoms with Crippen molar-refractivity contribution in [2.24, 2.45) is 0 Å². The van der Waals surface area contributed by atoms with Crippen LogP contribution in [0.15, 0.2) is 54.1 Å². The molecular weight excluding hydrogens is 391 g/mol. The van der Waals surface area contributed by atoms with E-state index in [1.54, 1.807) is 18.2 Å². The molecule has 5 heteroatoms. The molecule has 28 heavy (non-hydrogen) atoms. The highest BCUT2D eigenvalue weighted by Crippen LogP contribution is 2.28. The van der Waals surface area contributed by atoms with Crippen molar-refractivity contribution in [3.05, 3.63) is 69.7 Å². The number of nitrogens with zero attached hydrogens (tertiary/aromatic N) is 1. The molecule has 0 atom stereocenters. The fourth-order valence-corrected chi connectivity index (χ4v) is 4.14. The van der Waals surface area contributed by atoms with E-state index in [9.17, 15) is 4.79 Å². The summed E-state index contributed by atoms with van der Waals surface area (Å²) in [5, 5.41) is 3.97. The zero-order chi connectivity index (χ0) is 19.9. The number of amides is 2. The average molecular weight is 417 g/mol. The number of carbonyl (C=O) groups is 1. The summed E-state index contributed by atoms with van der Waals surface area (Å²) in [6, 6.07) is 15.4.